The van der Waals surface area contributed by atoms with E-state index in [1.165, 1.54) is 11.0 Å². The Morgan fingerprint density at radius 3 is 2.30 bits per heavy atom. The average molecular weight is 324 g/mol. The summed E-state index contributed by atoms with van der Waals surface area (Å²) in [5, 5.41) is 2.98. The molecule has 2 rings (SSSR count). The van der Waals surface area contributed by atoms with E-state index >= 15 is 0 Å². The summed E-state index contributed by atoms with van der Waals surface area (Å²) >= 11 is 0. The van der Waals surface area contributed by atoms with Gasteiger partial charge in [-0.05, 0) is 25.0 Å². The summed E-state index contributed by atoms with van der Waals surface area (Å²) < 4.78 is 26.6. The van der Waals surface area contributed by atoms with E-state index in [9.17, 15) is 18.4 Å². The number of carbonyl (C=O) groups is 2. The van der Waals surface area contributed by atoms with Crippen molar-refractivity contribution in [1.82, 2.24) is 10.2 Å². The topological polar surface area (TPSA) is 49.4 Å². The molecule has 4 nitrogen and oxygen atoms in total. The number of benzene rings is 1. The molecule has 2 amide bonds. The van der Waals surface area contributed by atoms with Crippen LogP contribution in [0.3, 0.4) is 0 Å². The minimum absolute atomic E-state index is 0.0174. The normalized spacial score (nSPS) is 16.3. The lowest BCUT2D eigenvalue weighted by Crippen LogP contribution is -2.49. The van der Waals surface area contributed by atoms with Crippen LogP contribution in [0.5, 0.6) is 0 Å². The molecule has 0 radical (unpaired) electrons. The molecule has 0 unspecified atom stereocenters. The Balaban J connectivity index is 1.94. The summed E-state index contributed by atoms with van der Waals surface area (Å²) in [7, 11) is 0. The molecule has 1 aromatic carbocycles. The largest absolute Gasteiger partial charge is 0.353 e. The van der Waals surface area contributed by atoms with E-state index in [1.807, 2.05) is 20.8 Å². The zero-order valence-corrected chi connectivity index (χ0v) is 13.7. The summed E-state index contributed by atoms with van der Waals surface area (Å²) in [4.78, 5) is 25.8. The number of hydrogen-bond acceptors (Lipinski definition) is 2. The molecule has 1 heterocycles. The molecular formula is C17H22F2N2O2. The van der Waals surface area contributed by atoms with Crippen LogP contribution in [-0.4, -0.2) is 35.8 Å². The maximum absolute atomic E-state index is 13.7. The quantitative estimate of drug-likeness (QED) is 0.909. The van der Waals surface area contributed by atoms with Crippen LogP contribution >= 0.6 is 0 Å². The maximum Gasteiger partial charge on any atom is 0.256 e. The third-order valence-corrected chi connectivity index (χ3v) is 3.96. The second-order valence-electron chi connectivity index (χ2n) is 6.91. The van der Waals surface area contributed by atoms with Gasteiger partial charge < -0.3 is 10.2 Å². The molecular weight excluding hydrogens is 302 g/mol. The Morgan fingerprint density at radius 1 is 1.17 bits per heavy atom. The Bertz CT molecular complexity index is 603. The van der Waals surface area contributed by atoms with Gasteiger partial charge in [0.25, 0.3) is 5.91 Å². The molecule has 0 atom stereocenters. The number of piperidine rings is 1. The van der Waals surface area contributed by atoms with E-state index < -0.39 is 23.0 Å². The van der Waals surface area contributed by atoms with Crippen molar-refractivity contribution in [3.63, 3.8) is 0 Å². The number of hydrogen-bond donors (Lipinski definition) is 1. The van der Waals surface area contributed by atoms with Crippen LogP contribution in [0, 0.1) is 17.0 Å². The summed E-state index contributed by atoms with van der Waals surface area (Å²) in [5.41, 5.74) is -0.576. The SMILES string of the molecule is CC(C)(C)C(=O)NC1CCN(C(=O)c2ccc(F)cc2F)CC1. The predicted molar refractivity (Wildman–Crippen MR) is 82.9 cm³/mol. The first kappa shape index (κ1) is 17.4. The summed E-state index contributed by atoms with van der Waals surface area (Å²) in [6.45, 7) is 6.41. The fourth-order valence-corrected chi connectivity index (χ4v) is 2.46. The predicted octanol–water partition coefficient (Wildman–Crippen LogP) is 2.73. The van der Waals surface area contributed by atoms with Gasteiger partial charge in [-0.1, -0.05) is 20.8 Å². The summed E-state index contributed by atoms with van der Waals surface area (Å²) in [6, 6.07) is 2.97. The smallest absolute Gasteiger partial charge is 0.256 e. The number of carbonyl (C=O) groups excluding carboxylic acids is 2. The van der Waals surface area contributed by atoms with Gasteiger partial charge in [0.05, 0.1) is 5.56 Å². The molecule has 0 aromatic heterocycles. The summed E-state index contributed by atoms with van der Waals surface area (Å²) in [6.07, 6.45) is 1.24. The first-order chi connectivity index (χ1) is 10.7. The van der Waals surface area contributed by atoms with Crippen molar-refractivity contribution in [2.75, 3.05) is 13.1 Å². The number of nitrogens with one attached hydrogen (secondary N) is 1. The second kappa shape index (κ2) is 6.64. The van der Waals surface area contributed by atoms with Gasteiger partial charge in [0.1, 0.15) is 11.6 Å². The van der Waals surface area contributed by atoms with Crippen molar-refractivity contribution < 1.29 is 18.4 Å². The first-order valence-electron chi connectivity index (χ1n) is 7.74. The molecule has 1 saturated heterocycles. The van der Waals surface area contributed by atoms with Crippen LogP contribution in [0.2, 0.25) is 0 Å². The number of halogens is 2. The van der Waals surface area contributed by atoms with Crippen LogP contribution in [0.1, 0.15) is 44.0 Å². The van der Waals surface area contributed by atoms with Gasteiger partial charge in [0.2, 0.25) is 5.91 Å². The zero-order valence-electron chi connectivity index (χ0n) is 13.7. The molecule has 1 fully saturated rings. The van der Waals surface area contributed by atoms with Gasteiger partial charge >= 0.3 is 0 Å². The van der Waals surface area contributed by atoms with E-state index in [0.717, 1.165) is 6.07 Å². The minimum atomic E-state index is -0.849. The van der Waals surface area contributed by atoms with Crippen LogP contribution in [0.25, 0.3) is 0 Å². The van der Waals surface area contributed by atoms with Crippen LogP contribution in [-0.2, 0) is 4.79 Å². The number of amides is 2. The van der Waals surface area contributed by atoms with Gasteiger partial charge in [-0.25, -0.2) is 8.78 Å². The highest BCUT2D eigenvalue weighted by Gasteiger charge is 2.29. The Morgan fingerprint density at radius 2 is 1.78 bits per heavy atom. The van der Waals surface area contributed by atoms with Crippen molar-refractivity contribution in [3.05, 3.63) is 35.4 Å². The molecule has 1 N–H and O–H groups in total. The van der Waals surface area contributed by atoms with E-state index in [2.05, 4.69) is 5.32 Å². The van der Waals surface area contributed by atoms with E-state index in [0.29, 0.717) is 32.0 Å². The van der Waals surface area contributed by atoms with Gasteiger partial charge in [0.15, 0.2) is 0 Å². The first-order valence-corrected chi connectivity index (χ1v) is 7.74. The van der Waals surface area contributed by atoms with Crippen LogP contribution in [0.15, 0.2) is 18.2 Å². The van der Waals surface area contributed by atoms with Gasteiger partial charge in [-0.3, -0.25) is 9.59 Å². The van der Waals surface area contributed by atoms with Crippen molar-refractivity contribution in [2.24, 2.45) is 5.41 Å². The molecule has 126 valence electrons. The standard InChI is InChI=1S/C17H22F2N2O2/c1-17(2,3)16(23)20-12-6-8-21(9-7-12)15(22)13-5-4-11(18)10-14(13)19/h4-5,10,12H,6-9H2,1-3H3,(H,20,23). The number of rotatable bonds is 2. The Kier molecular flexibility index (Phi) is 5.02. The highest BCUT2D eigenvalue weighted by Crippen LogP contribution is 2.19. The van der Waals surface area contributed by atoms with Crippen molar-refractivity contribution in [2.45, 2.75) is 39.7 Å². The van der Waals surface area contributed by atoms with E-state index in [4.69, 9.17) is 0 Å². The highest BCUT2D eigenvalue weighted by atomic mass is 19.1. The fourth-order valence-electron chi connectivity index (χ4n) is 2.46. The van der Waals surface area contributed by atoms with Gasteiger partial charge in [-0.2, -0.15) is 0 Å². The molecule has 1 aromatic rings. The molecule has 6 heteroatoms. The van der Waals surface area contributed by atoms with Crippen LogP contribution in [0.4, 0.5) is 8.78 Å². The van der Waals surface area contributed by atoms with Crippen molar-refractivity contribution >= 4 is 11.8 Å². The lowest BCUT2D eigenvalue weighted by molar-refractivity contribution is -0.129. The average Bonchev–Trinajstić information content (AvgIpc) is 2.46. The zero-order chi connectivity index (χ0) is 17.2. The Hall–Kier alpha value is -1.98. The van der Waals surface area contributed by atoms with Crippen molar-refractivity contribution in [3.8, 4) is 0 Å². The van der Waals surface area contributed by atoms with Gasteiger partial charge in [-0.15, -0.1) is 0 Å². The lowest BCUT2D eigenvalue weighted by Gasteiger charge is -2.33. The number of nitrogens with zero attached hydrogens (tertiary/aromatic N) is 1. The third kappa shape index (κ3) is 4.27. The lowest BCUT2D eigenvalue weighted by atomic mass is 9.94. The van der Waals surface area contributed by atoms with E-state index in [1.54, 1.807) is 0 Å². The van der Waals surface area contributed by atoms with Crippen LogP contribution < -0.4 is 5.32 Å². The third-order valence-electron chi connectivity index (χ3n) is 3.96. The second-order valence-corrected chi connectivity index (χ2v) is 6.91. The van der Waals surface area contributed by atoms with Gasteiger partial charge in [0, 0.05) is 30.6 Å². The molecule has 1 aliphatic rings. The molecule has 23 heavy (non-hydrogen) atoms. The van der Waals surface area contributed by atoms with E-state index in [-0.39, 0.29) is 17.5 Å². The monoisotopic (exact) mass is 324 g/mol. The minimum Gasteiger partial charge on any atom is -0.353 e. The maximum atomic E-state index is 13.7. The fraction of sp³-hybridized carbons (Fsp3) is 0.529. The molecule has 0 bridgehead atoms. The van der Waals surface area contributed by atoms with Crippen molar-refractivity contribution in [1.29, 1.82) is 0 Å². The molecule has 0 spiro atoms. The molecule has 1 aliphatic heterocycles. The molecule has 0 aliphatic carbocycles. The number of likely N-dealkylation sites (tertiary alicyclic amines) is 1. The summed E-state index contributed by atoms with van der Waals surface area (Å²) in [5.74, 6) is -2.02. The molecule has 0 saturated carbocycles. The highest BCUT2D eigenvalue weighted by molar-refractivity contribution is 5.94. The Labute approximate surface area is 134 Å².